The van der Waals surface area contributed by atoms with Crippen LogP contribution in [0.3, 0.4) is 0 Å². The van der Waals surface area contributed by atoms with Gasteiger partial charge in [0.05, 0.1) is 11.0 Å². The molecule has 0 atom stereocenters. The molecule has 0 aliphatic carbocycles. The number of sulfone groups is 1. The Balaban J connectivity index is 2.49. The van der Waals surface area contributed by atoms with Gasteiger partial charge in [-0.1, -0.05) is 12.1 Å². The maximum absolute atomic E-state index is 11.6. The Kier molecular flexibility index (Phi) is 5.21. The molecule has 0 aliphatic heterocycles. The summed E-state index contributed by atoms with van der Waals surface area (Å²) in [5, 5.41) is -0.319. The molecule has 0 unspecified atom stereocenters. The molecule has 94 valence electrons. The fourth-order valence-electron chi connectivity index (χ4n) is 1.15. The summed E-state index contributed by atoms with van der Waals surface area (Å²) >= 11 is 1.49. The number of carbonyl (C=O) groups excluding carboxylic acids is 1. The lowest BCUT2D eigenvalue weighted by atomic mass is 10.2. The van der Waals surface area contributed by atoms with Gasteiger partial charge in [-0.05, 0) is 26.0 Å². The quantitative estimate of drug-likeness (QED) is 0.589. The summed E-state index contributed by atoms with van der Waals surface area (Å²) < 4.78 is 23.1. The Morgan fingerprint density at radius 1 is 1.24 bits per heavy atom. The van der Waals surface area contributed by atoms with Gasteiger partial charge in [-0.2, -0.15) is 0 Å². The molecule has 17 heavy (non-hydrogen) atoms. The van der Waals surface area contributed by atoms with Gasteiger partial charge >= 0.3 is 0 Å². The first-order chi connectivity index (χ1) is 7.95. The first-order valence-electron chi connectivity index (χ1n) is 5.35. The largest absolute Gasteiger partial charge is 0.298 e. The summed E-state index contributed by atoms with van der Waals surface area (Å²) in [4.78, 5) is 11.4. The van der Waals surface area contributed by atoms with Gasteiger partial charge in [0, 0.05) is 16.2 Å². The van der Waals surface area contributed by atoms with Crippen LogP contribution in [0, 0.1) is 0 Å². The number of hydrogen-bond acceptors (Lipinski definition) is 4. The van der Waals surface area contributed by atoms with Gasteiger partial charge in [-0.3, -0.25) is 4.79 Å². The molecule has 1 aromatic rings. The number of aldehydes is 1. The monoisotopic (exact) mass is 272 g/mol. The van der Waals surface area contributed by atoms with Crippen molar-refractivity contribution in [3.8, 4) is 0 Å². The summed E-state index contributed by atoms with van der Waals surface area (Å²) in [6.07, 6.45) is 0.789. The molecule has 5 heteroatoms. The van der Waals surface area contributed by atoms with Gasteiger partial charge in [0.15, 0.2) is 9.84 Å². The third-order valence-corrected chi connectivity index (χ3v) is 5.85. The van der Waals surface area contributed by atoms with Crippen LogP contribution in [0.2, 0.25) is 0 Å². The SMILES string of the molecule is CC(C)S(=O)(=O)CCSc1ccc(C=O)cc1. The summed E-state index contributed by atoms with van der Waals surface area (Å²) in [5.74, 6) is 0.728. The molecule has 0 heterocycles. The summed E-state index contributed by atoms with van der Waals surface area (Å²) in [5.41, 5.74) is 0.629. The molecule has 0 amide bonds. The van der Waals surface area contributed by atoms with E-state index < -0.39 is 9.84 Å². The van der Waals surface area contributed by atoms with Gasteiger partial charge in [-0.15, -0.1) is 11.8 Å². The molecule has 0 saturated heterocycles. The van der Waals surface area contributed by atoms with Crippen molar-refractivity contribution in [2.75, 3.05) is 11.5 Å². The fourth-order valence-corrected chi connectivity index (χ4v) is 3.45. The third kappa shape index (κ3) is 4.52. The number of hydrogen-bond donors (Lipinski definition) is 0. The van der Waals surface area contributed by atoms with E-state index in [2.05, 4.69) is 0 Å². The molecule has 0 saturated carbocycles. The molecular weight excluding hydrogens is 256 g/mol. The van der Waals surface area contributed by atoms with Gasteiger partial charge in [0.25, 0.3) is 0 Å². The number of benzene rings is 1. The number of thioether (sulfide) groups is 1. The molecule has 0 aromatic heterocycles. The number of carbonyl (C=O) groups is 1. The first-order valence-corrected chi connectivity index (χ1v) is 8.05. The van der Waals surface area contributed by atoms with Gasteiger partial charge < -0.3 is 0 Å². The molecule has 0 radical (unpaired) electrons. The lowest BCUT2D eigenvalue weighted by Crippen LogP contribution is -2.18. The second kappa shape index (κ2) is 6.21. The van der Waals surface area contributed by atoms with E-state index in [1.807, 2.05) is 12.1 Å². The molecule has 1 aromatic carbocycles. The smallest absolute Gasteiger partial charge is 0.153 e. The van der Waals surface area contributed by atoms with Crippen molar-refractivity contribution in [2.24, 2.45) is 0 Å². The molecule has 0 bridgehead atoms. The topological polar surface area (TPSA) is 51.2 Å². The van der Waals surface area contributed by atoms with E-state index in [9.17, 15) is 13.2 Å². The Hall–Kier alpha value is -0.810. The molecule has 0 fully saturated rings. The van der Waals surface area contributed by atoms with E-state index in [4.69, 9.17) is 0 Å². The highest BCUT2D eigenvalue weighted by Gasteiger charge is 2.15. The molecule has 0 N–H and O–H groups in total. The maximum atomic E-state index is 11.6. The normalized spacial score (nSPS) is 11.7. The Bertz CT molecular complexity index is 461. The van der Waals surface area contributed by atoms with Crippen molar-refractivity contribution in [3.63, 3.8) is 0 Å². The molecular formula is C12H16O3S2. The molecule has 0 aliphatic rings. The van der Waals surface area contributed by atoms with E-state index in [1.165, 1.54) is 11.8 Å². The van der Waals surface area contributed by atoms with Crippen LogP contribution in [-0.2, 0) is 9.84 Å². The Morgan fingerprint density at radius 3 is 2.29 bits per heavy atom. The maximum Gasteiger partial charge on any atom is 0.153 e. The highest BCUT2D eigenvalue weighted by atomic mass is 32.2. The minimum atomic E-state index is -2.96. The fraction of sp³-hybridized carbons (Fsp3) is 0.417. The standard InChI is InChI=1S/C12H16O3S2/c1-10(2)17(14,15)8-7-16-12-5-3-11(9-13)4-6-12/h3-6,9-10H,7-8H2,1-2H3. The van der Waals surface area contributed by atoms with Crippen LogP contribution in [0.25, 0.3) is 0 Å². The summed E-state index contributed by atoms with van der Waals surface area (Å²) in [6.45, 7) is 3.39. The lowest BCUT2D eigenvalue weighted by Gasteiger charge is -2.07. The van der Waals surface area contributed by atoms with Crippen LogP contribution in [0.15, 0.2) is 29.2 Å². The molecule has 1 rings (SSSR count). The van der Waals surface area contributed by atoms with Crippen LogP contribution in [0.1, 0.15) is 24.2 Å². The highest BCUT2D eigenvalue weighted by molar-refractivity contribution is 8.00. The van der Waals surface area contributed by atoms with Crippen LogP contribution in [-0.4, -0.2) is 31.5 Å². The zero-order valence-corrected chi connectivity index (χ0v) is 11.6. The van der Waals surface area contributed by atoms with E-state index in [1.54, 1.807) is 26.0 Å². The first kappa shape index (κ1) is 14.3. The zero-order chi connectivity index (χ0) is 12.9. The predicted molar refractivity (Wildman–Crippen MR) is 71.5 cm³/mol. The van der Waals surface area contributed by atoms with Gasteiger partial charge in [0.2, 0.25) is 0 Å². The minimum absolute atomic E-state index is 0.185. The van der Waals surface area contributed by atoms with E-state index in [-0.39, 0.29) is 11.0 Å². The predicted octanol–water partition coefficient (Wildman–Crippen LogP) is 2.41. The Morgan fingerprint density at radius 2 is 1.82 bits per heavy atom. The highest BCUT2D eigenvalue weighted by Crippen LogP contribution is 2.18. The van der Waals surface area contributed by atoms with Crippen molar-refractivity contribution >= 4 is 27.9 Å². The van der Waals surface area contributed by atoms with Crippen molar-refractivity contribution in [1.29, 1.82) is 0 Å². The van der Waals surface area contributed by atoms with Gasteiger partial charge in [0.1, 0.15) is 6.29 Å². The summed E-state index contributed by atoms with van der Waals surface area (Å²) in [7, 11) is -2.96. The average molecular weight is 272 g/mol. The van der Waals surface area contributed by atoms with Crippen molar-refractivity contribution < 1.29 is 13.2 Å². The number of rotatable bonds is 6. The van der Waals surface area contributed by atoms with Crippen molar-refractivity contribution in [1.82, 2.24) is 0 Å². The third-order valence-electron chi connectivity index (χ3n) is 2.37. The van der Waals surface area contributed by atoms with Gasteiger partial charge in [-0.25, -0.2) is 8.42 Å². The second-order valence-electron chi connectivity index (χ2n) is 3.95. The van der Waals surface area contributed by atoms with Crippen molar-refractivity contribution in [2.45, 2.75) is 24.0 Å². The second-order valence-corrected chi connectivity index (χ2v) is 7.80. The zero-order valence-electron chi connectivity index (χ0n) is 9.92. The van der Waals surface area contributed by atoms with Crippen LogP contribution >= 0.6 is 11.8 Å². The average Bonchev–Trinajstić information content (AvgIpc) is 2.29. The Labute approximate surface area is 107 Å². The molecule has 0 spiro atoms. The minimum Gasteiger partial charge on any atom is -0.298 e. The van der Waals surface area contributed by atoms with Crippen LogP contribution in [0.5, 0.6) is 0 Å². The summed E-state index contributed by atoms with van der Waals surface area (Å²) in [6, 6.07) is 7.12. The van der Waals surface area contributed by atoms with Crippen LogP contribution in [0.4, 0.5) is 0 Å². The van der Waals surface area contributed by atoms with E-state index in [0.29, 0.717) is 11.3 Å². The molecule has 3 nitrogen and oxygen atoms in total. The lowest BCUT2D eigenvalue weighted by molar-refractivity contribution is 0.112. The van der Waals surface area contributed by atoms with Crippen molar-refractivity contribution in [3.05, 3.63) is 29.8 Å². The van der Waals surface area contributed by atoms with E-state index in [0.717, 1.165) is 11.2 Å². The van der Waals surface area contributed by atoms with Crippen LogP contribution < -0.4 is 0 Å². The van der Waals surface area contributed by atoms with E-state index >= 15 is 0 Å².